The van der Waals surface area contributed by atoms with Crippen molar-refractivity contribution in [3.8, 4) is 0 Å². The van der Waals surface area contributed by atoms with Crippen LogP contribution in [0.5, 0.6) is 0 Å². The number of hydrogen-bond donors (Lipinski definition) is 1. The maximum atomic E-state index is 12.9. The number of hydrogen-bond acceptors (Lipinski definition) is 3. The van der Waals surface area contributed by atoms with Gasteiger partial charge >= 0.3 is 6.18 Å². The van der Waals surface area contributed by atoms with Crippen LogP contribution in [0.3, 0.4) is 0 Å². The predicted molar refractivity (Wildman–Crippen MR) is 91.8 cm³/mol. The Kier molecular flexibility index (Phi) is 4.71. The molecule has 0 unspecified atom stereocenters. The van der Waals surface area contributed by atoms with E-state index in [1.165, 1.54) is 12.1 Å². The number of aryl methyl sites for hydroxylation is 1. The van der Waals surface area contributed by atoms with E-state index >= 15 is 0 Å². The van der Waals surface area contributed by atoms with E-state index in [4.69, 9.17) is 0 Å². The van der Waals surface area contributed by atoms with Crippen LogP contribution in [0.4, 0.5) is 24.5 Å². The zero-order valence-electron chi connectivity index (χ0n) is 14.0. The number of anilines is 2. The number of rotatable bonds is 4. The van der Waals surface area contributed by atoms with Crippen molar-refractivity contribution in [3.05, 3.63) is 59.7 Å². The summed E-state index contributed by atoms with van der Waals surface area (Å²) in [6, 6.07) is 10.9. The SMILES string of the molecule is CCc1ccc(N[C@@H]2CC(=O)N(c3cccc(C(F)(F)F)c3)C2=O)cc1. The Balaban J connectivity index is 1.80. The molecular weight excluding hydrogens is 345 g/mol. The van der Waals surface area contributed by atoms with Crippen molar-refractivity contribution in [2.45, 2.75) is 32.0 Å². The first kappa shape index (κ1) is 18.0. The molecule has 1 heterocycles. The molecule has 26 heavy (non-hydrogen) atoms. The Morgan fingerprint density at radius 1 is 1.12 bits per heavy atom. The normalized spacial score (nSPS) is 17.7. The first-order valence-electron chi connectivity index (χ1n) is 8.19. The Bertz CT molecular complexity index is 831. The van der Waals surface area contributed by atoms with Crippen molar-refractivity contribution >= 4 is 23.2 Å². The topological polar surface area (TPSA) is 49.4 Å². The highest BCUT2D eigenvalue weighted by atomic mass is 19.4. The third-order valence-electron chi connectivity index (χ3n) is 4.28. The lowest BCUT2D eigenvalue weighted by molar-refractivity contribution is -0.137. The van der Waals surface area contributed by atoms with Gasteiger partial charge in [0.25, 0.3) is 5.91 Å². The third-order valence-corrected chi connectivity index (χ3v) is 4.28. The first-order valence-corrected chi connectivity index (χ1v) is 8.19. The molecule has 0 spiro atoms. The average Bonchev–Trinajstić information content (AvgIpc) is 2.88. The second-order valence-corrected chi connectivity index (χ2v) is 6.07. The largest absolute Gasteiger partial charge is 0.416 e. The number of nitrogens with one attached hydrogen (secondary N) is 1. The maximum absolute atomic E-state index is 12.9. The highest BCUT2D eigenvalue weighted by Gasteiger charge is 2.40. The van der Waals surface area contributed by atoms with Gasteiger partial charge in [0, 0.05) is 5.69 Å². The second-order valence-electron chi connectivity index (χ2n) is 6.07. The van der Waals surface area contributed by atoms with Gasteiger partial charge in [-0.2, -0.15) is 13.2 Å². The number of imide groups is 1. The summed E-state index contributed by atoms with van der Waals surface area (Å²) in [4.78, 5) is 25.6. The Morgan fingerprint density at radius 3 is 2.42 bits per heavy atom. The van der Waals surface area contributed by atoms with E-state index in [0.717, 1.165) is 29.0 Å². The molecule has 7 heteroatoms. The van der Waals surface area contributed by atoms with E-state index in [2.05, 4.69) is 5.32 Å². The van der Waals surface area contributed by atoms with E-state index < -0.39 is 29.6 Å². The third kappa shape index (κ3) is 3.56. The number of alkyl halides is 3. The minimum absolute atomic E-state index is 0.0690. The number of carbonyl (C=O) groups is 2. The van der Waals surface area contributed by atoms with Gasteiger partial charge in [-0.25, -0.2) is 4.90 Å². The summed E-state index contributed by atoms with van der Waals surface area (Å²) in [6.07, 6.45) is -3.77. The molecule has 1 N–H and O–H groups in total. The van der Waals surface area contributed by atoms with Crippen molar-refractivity contribution in [1.82, 2.24) is 0 Å². The van der Waals surface area contributed by atoms with Crippen molar-refractivity contribution in [3.63, 3.8) is 0 Å². The van der Waals surface area contributed by atoms with E-state index in [1.807, 2.05) is 31.2 Å². The van der Waals surface area contributed by atoms with Crippen molar-refractivity contribution < 1.29 is 22.8 Å². The molecule has 1 saturated heterocycles. The zero-order valence-corrected chi connectivity index (χ0v) is 14.0. The standard InChI is InChI=1S/C19H17F3N2O2/c1-2-12-6-8-14(9-7-12)23-16-11-17(25)24(18(16)26)15-5-3-4-13(10-15)19(20,21)22/h3-10,16,23H,2,11H2,1H3/t16-/m1/s1. The number of nitrogens with zero attached hydrogens (tertiary/aromatic N) is 1. The summed E-state index contributed by atoms with van der Waals surface area (Å²) in [5.74, 6) is -1.09. The fraction of sp³-hybridized carbons (Fsp3) is 0.263. The van der Waals surface area contributed by atoms with Gasteiger partial charge in [0.2, 0.25) is 5.91 Å². The van der Waals surface area contributed by atoms with Gasteiger partial charge in [0.15, 0.2) is 0 Å². The molecule has 2 aromatic rings. The van der Waals surface area contributed by atoms with E-state index in [1.54, 1.807) is 0 Å². The highest BCUT2D eigenvalue weighted by Crippen LogP contribution is 2.33. The lowest BCUT2D eigenvalue weighted by Gasteiger charge is -2.17. The fourth-order valence-corrected chi connectivity index (χ4v) is 2.88. The van der Waals surface area contributed by atoms with Crippen LogP contribution in [0, 0.1) is 0 Å². The lowest BCUT2D eigenvalue weighted by Crippen LogP contribution is -2.35. The average molecular weight is 362 g/mol. The predicted octanol–water partition coefficient (Wildman–Crippen LogP) is 4.01. The molecule has 2 amide bonds. The number of halogens is 3. The van der Waals surface area contributed by atoms with E-state index in [0.29, 0.717) is 5.69 Å². The van der Waals surface area contributed by atoms with Gasteiger partial charge in [-0.1, -0.05) is 25.1 Å². The number of carbonyl (C=O) groups excluding carboxylic acids is 2. The number of benzene rings is 2. The van der Waals surface area contributed by atoms with Crippen LogP contribution in [-0.4, -0.2) is 17.9 Å². The summed E-state index contributed by atoms with van der Waals surface area (Å²) in [7, 11) is 0. The summed E-state index contributed by atoms with van der Waals surface area (Å²) in [5, 5.41) is 2.98. The molecule has 0 saturated carbocycles. The maximum Gasteiger partial charge on any atom is 0.416 e. The van der Waals surface area contributed by atoms with Crippen LogP contribution in [0.2, 0.25) is 0 Å². The molecule has 2 aromatic carbocycles. The molecule has 0 bridgehead atoms. The van der Waals surface area contributed by atoms with Crippen molar-refractivity contribution in [2.75, 3.05) is 10.2 Å². The Hall–Kier alpha value is -2.83. The molecule has 1 aliphatic rings. The molecule has 3 rings (SSSR count). The van der Waals surface area contributed by atoms with Gasteiger partial charge in [0.1, 0.15) is 6.04 Å². The number of amides is 2. The Labute approximate surface area is 148 Å². The van der Waals surface area contributed by atoms with E-state index in [-0.39, 0.29) is 12.1 Å². The summed E-state index contributed by atoms with van der Waals surface area (Å²) in [6.45, 7) is 2.02. The van der Waals surface area contributed by atoms with Crippen LogP contribution < -0.4 is 10.2 Å². The smallest absolute Gasteiger partial charge is 0.373 e. The van der Waals surface area contributed by atoms with E-state index in [9.17, 15) is 22.8 Å². The lowest BCUT2D eigenvalue weighted by atomic mass is 10.1. The molecule has 1 fully saturated rings. The molecule has 0 aromatic heterocycles. The highest BCUT2D eigenvalue weighted by molar-refractivity contribution is 6.23. The van der Waals surface area contributed by atoms with Crippen molar-refractivity contribution in [1.29, 1.82) is 0 Å². The summed E-state index contributed by atoms with van der Waals surface area (Å²) < 4.78 is 38.6. The van der Waals surface area contributed by atoms with Crippen LogP contribution in [-0.2, 0) is 22.2 Å². The van der Waals surface area contributed by atoms with Crippen LogP contribution >= 0.6 is 0 Å². The summed E-state index contributed by atoms with van der Waals surface area (Å²) >= 11 is 0. The second kappa shape index (κ2) is 6.82. The minimum atomic E-state index is -4.54. The first-order chi connectivity index (χ1) is 12.3. The molecule has 0 radical (unpaired) electrons. The zero-order chi connectivity index (χ0) is 18.9. The quantitative estimate of drug-likeness (QED) is 0.836. The minimum Gasteiger partial charge on any atom is -0.373 e. The molecule has 1 atom stereocenters. The summed E-state index contributed by atoms with van der Waals surface area (Å²) in [5.41, 5.74) is 0.844. The van der Waals surface area contributed by atoms with Crippen LogP contribution in [0.25, 0.3) is 0 Å². The Morgan fingerprint density at radius 2 is 1.81 bits per heavy atom. The van der Waals surface area contributed by atoms with Gasteiger partial charge in [-0.15, -0.1) is 0 Å². The molecule has 136 valence electrons. The molecule has 4 nitrogen and oxygen atoms in total. The fourth-order valence-electron chi connectivity index (χ4n) is 2.88. The van der Waals surface area contributed by atoms with Gasteiger partial charge in [-0.05, 0) is 42.3 Å². The molecular formula is C19H17F3N2O2. The van der Waals surface area contributed by atoms with Crippen LogP contribution in [0.15, 0.2) is 48.5 Å². The van der Waals surface area contributed by atoms with Gasteiger partial charge in [0.05, 0.1) is 17.7 Å². The van der Waals surface area contributed by atoms with Crippen LogP contribution in [0.1, 0.15) is 24.5 Å². The van der Waals surface area contributed by atoms with Gasteiger partial charge < -0.3 is 5.32 Å². The molecule has 1 aliphatic heterocycles. The van der Waals surface area contributed by atoms with Gasteiger partial charge in [-0.3, -0.25) is 9.59 Å². The van der Waals surface area contributed by atoms with Crippen molar-refractivity contribution in [2.24, 2.45) is 0 Å². The molecule has 0 aliphatic carbocycles. The monoisotopic (exact) mass is 362 g/mol.